The number of aromatic amines is 1. The summed E-state index contributed by atoms with van der Waals surface area (Å²) in [4.78, 5) is 18.9. The van der Waals surface area contributed by atoms with Crippen LogP contribution in [0.1, 0.15) is 16.2 Å². The Balaban J connectivity index is 2.37. The standard InChI is InChI=1S/C14H13N3O2/c1-8-11(9-5-3-4-6-10(9)16-8)12-13(14(18)19)17(2)7-15-12/h3-7,16H,1-2H3,(H,18,19). The van der Waals surface area contributed by atoms with Gasteiger partial charge in [0, 0.05) is 29.2 Å². The highest BCUT2D eigenvalue weighted by molar-refractivity contribution is 6.02. The zero-order valence-corrected chi connectivity index (χ0v) is 10.6. The average molecular weight is 255 g/mol. The van der Waals surface area contributed by atoms with Crippen LogP contribution in [0.15, 0.2) is 30.6 Å². The van der Waals surface area contributed by atoms with E-state index in [4.69, 9.17) is 0 Å². The fourth-order valence-electron chi connectivity index (χ4n) is 2.45. The molecule has 0 spiro atoms. The molecule has 0 unspecified atom stereocenters. The van der Waals surface area contributed by atoms with E-state index in [9.17, 15) is 9.90 Å². The van der Waals surface area contributed by atoms with E-state index in [2.05, 4.69) is 9.97 Å². The van der Waals surface area contributed by atoms with Crippen molar-refractivity contribution in [2.24, 2.45) is 7.05 Å². The number of aromatic carboxylic acids is 1. The molecule has 96 valence electrons. The first kappa shape index (κ1) is 11.5. The first-order valence-corrected chi connectivity index (χ1v) is 5.92. The van der Waals surface area contributed by atoms with Crippen LogP contribution in [0.3, 0.4) is 0 Å². The van der Waals surface area contributed by atoms with Gasteiger partial charge in [0.25, 0.3) is 0 Å². The van der Waals surface area contributed by atoms with E-state index in [1.54, 1.807) is 7.05 Å². The second kappa shape index (κ2) is 3.98. The van der Waals surface area contributed by atoms with Crippen molar-refractivity contribution >= 4 is 16.9 Å². The van der Waals surface area contributed by atoms with E-state index in [0.717, 1.165) is 22.2 Å². The van der Waals surface area contributed by atoms with Crippen LogP contribution < -0.4 is 0 Å². The van der Waals surface area contributed by atoms with Crippen molar-refractivity contribution in [2.75, 3.05) is 0 Å². The van der Waals surface area contributed by atoms with Gasteiger partial charge in [-0.25, -0.2) is 9.78 Å². The van der Waals surface area contributed by atoms with Gasteiger partial charge in [-0.2, -0.15) is 0 Å². The van der Waals surface area contributed by atoms with Crippen LogP contribution in [0.4, 0.5) is 0 Å². The van der Waals surface area contributed by atoms with Gasteiger partial charge in [0.1, 0.15) is 5.69 Å². The first-order chi connectivity index (χ1) is 9.09. The van der Waals surface area contributed by atoms with Crippen molar-refractivity contribution in [3.63, 3.8) is 0 Å². The van der Waals surface area contributed by atoms with Crippen LogP contribution in [0, 0.1) is 6.92 Å². The number of benzene rings is 1. The molecule has 0 amide bonds. The van der Waals surface area contributed by atoms with Crippen LogP contribution >= 0.6 is 0 Å². The van der Waals surface area contributed by atoms with Crippen molar-refractivity contribution < 1.29 is 9.90 Å². The van der Waals surface area contributed by atoms with Gasteiger partial charge in [0.2, 0.25) is 0 Å². The summed E-state index contributed by atoms with van der Waals surface area (Å²) in [6.07, 6.45) is 1.53. The molecule has 5 nitrogen and oxygen atoms in total. The van der Waals surface area contributed by atoms with Gasteiger partial charge < -0.3 is 14.7 Å². The molecule has 0 aliphatic heterocycles. The lowest BCUT2D eigenvalue weighted by atomic mass is 10.1. The minimum Gasteiger partial charge on any atom is -0.477 e. The number of carboxylic acids is 1. The fourth-order valence-corrected chi connectivity index (χ4v) is 2.45. The Morgan fingerprint density at radius 1 is 1.37 bits per heavy atom. The Kier molecular flexibility index (Phi) is 2.41. The number of hydrogen-bond donors (Lipinski definition) is 2. The molecule has 0 fully saturated rings. The van der Waals surface area contributed by atoms with Crippen molar-refractivity contribution in [3.05, 3.63) is 42.0 Å². The summed E-state index contributed by atoms with van der Waals surface area (Å²) in [5, 5.41) is 10.3. The molecule has 0 atom stereocenters. The first-order valence-electron chi connectivity index (χ1n) is 5.92. The van der Waals surface area contributed by atoms with Crippen molar-refractivity contribution in [2.45, 2.75) is 6.92 Å². The maximum Gasteiger partial charge on any atom is 0.354 e. The molecule has 0 bridgehead atoms. The molecule has 2 heterocycles. The summed E-state index contributed by atoms with van der Waals surface area (Å²) in [6.45, 7) is 1.93. The Morgan fingerprint density at radius 3 is 2.84 bits per heavy atom. The van der Waals surface area contributed by atoms with E-state index in [1.165, 1.54) is 10.9 Å². The number of aryl methyl sites for hydroxylation is 2. The number of carboxylic acid groups (broad SMARTS) is 1. The van der Waals surface area contributed by atoms with E-state index in [1.807, 2.05) is 31.2 Å². The number of carbonyl (C=O) groups is 1. The highest BCUT2D eigenvalue weighted by atomic mass is 16.4. The Morgan fingerprint density at radius 2 is 2.11 bits per heavy atom. The summed E-state index contributed by atoms with van der Waals surface area (Å²) in [5.74, 6) is -0.973. The molecule has 0 saturated carbocycles. The van der Waals surface area contributed by atoms with Gasteiger partial charge in [0.05, 0.1) is 6.33 Å². The van der Waals surface area contributed by atoms with E-state index < -0.39 is 5.97 Å². The maximum absolute atomic E-state index is 11.4. The number of aromatic nitrogens is 3. The monoisotopic (exact) mass is 255 g/mol. The molecule has 2 aromatic heterocycles. The zero-order chi connectivity index (χ0) is 13.6. The van der Waals surface area contributed by atoms with Gasteiger partial charge in [-0.05, 0) is 13.0 Å². The molecule has 0 aliphatic rings. The third-order valence-corrected chi connectivity index (χ3v) is 3.27. The average Bonchev–Trinajstić information content (AvgIpc) is 2.88. The molecular formula is C14H13N3O2. The Hall–Kier alpha value is -2.56. The molecule has 2 N–H and O–H groups in total. The number of hydrogen-bond acceptors (Lipinski definition) is 2. The lowest BCUT2D eigenvalue weighted by Gasteiger charge is -2.01. The molecule has 19 heavy (non-hydrogen) atoms. The van der Waals surface area contributed by atoms with Crippen LogP contribution in [-0.4, -0.2) is 25.6 Å². The van der Waals surface area contributed by atoms with Crippen LogP contribution in [0.5, 0.6) is 0 Å². The summed E-state index contributed by atoms with van der Waals surface area (Å²) in [6, 6.07) is 7.81. The third kappa shape index (κ3) is 1.62. The van der Waals surface area contributed by atoms with E-state index in [-0.39, 0.29) is 5.69 Å². The summed E-state index contributed by atoms with van der Waals surface area (Å²) in [5.41, 5.74) is 3.46. The third-order valence-electron chi connectivity index (χ3n) is 3.27. The van der Waals surface area contributed by atoms with Crippen LogP contribution in [0.25, 0.3) is 22.2 Å². The highest BCUT2D eigenvalue weighted by Gasteiger charge is 2.21. The van der Waals surface area contributed by atoms with E-state index in [0.29, 0.717) is 5.69 Å². The molecule has 5 heteroatoms. The van der Waals surface area contributed by atoms with Crippen molar-refractivity contribution in [3.8, 4) is 11.3 Å². The summed E-state index contributed by atoms with van der Waals surface area (Å²) in [7, 11) is 1.68. The van der Waals surface area contributed by atoms with Gasteiger partial charge in [0.15, 0.2) is 5.69 Å². The van der Waals surface area contributed by atoms with Crippen molar-refractivity contribution in [1.29, 1.82) is 0 Å². The Bertz CT molecular complexity index is 783. The molecule has 1 aromatic carbocycles. The largest absolute Gasteiger partial charge is 0.477 e. The lowest BCUT2D eigenvalue weighted by molar-refractivity contribution is 0.0687. The molecule has 0 radical (unpaired) electrons. The predicted molar refractivity (Wildman–Crippen MR) is 72.2 cm³/mol. The lowest BCUT2D eigenvalue weighted by Crippen LogP contribution is -2.05. The minimum absolute atomic E-state index is 0.202. The smallest absolute Gasteiger partial charge is 0.354 e. The van der Waals surface area contributed by atoms with Gasteiger partial charge >= 0.3 is 5.97 Å². The highest BCUT2D eigenvalue weighted by Crippen LogP contribution is 2.32. The number of nitrogens with one attached hydrogen (secondary N) is 1. The van der Waals surface area contributed by atoms with Gasteiger partial charge in [-0.3, -0.25) is 0 Å². The fraction of sp³-hybridized carbons (Fsp3) is 0.143. The number of rotatable bonds is 2. The summed E-state index contributed by atoms with van der Waals surface area (Å²) >= 11 is 0. The number of imidazole rings is 1. The molecule has 3 aromatic rings. The number of para-hydroxylation sites is 1. The minimum atomic E-state index is -0.973. The molecule has 0 saturated heterocycles. The number of nitrogens with zero attached hydrogens (tertiary/aromatic N) is 2. The van der Waals surface area contributed by atoms with Crippen molar-refractivity contribution in [1.82, 2.24) is 14.5 Å². The Labute approximate surface area is 109 Å². The van der Waals surface area contributed by atoms with Crippen LogP contribution in [-0.2, 0) is 7.05 Å². The molecule has 3 rings (SSSR count). The second-order valence-corrected chi connectivity index (χ2v) is 4.53. The normalized spacial score (nSPS) is 11.1. The quantitative estimate of drug-likeness (QED) is 0.739. The zero-order valence-electron chi connectivity index (χ0n) is 10.6. The van der Waals surface area contributed by atoms with Crippen LogP contribution in [0.2, 0.25) is 0 Å². The molecule has 0 aliphatic carbocycles. The maximum atomic E-state index is 11.4. The van der Waals surface area contributed by atoms with Gasteiger partial charge in [-0.1, -0.05) is 18.2 Å². The summed E-state index contributed by atoms with van der Waals surface area (Å²) < 4.78 is 1.53. The van der Waals surface area contributed by atoms with Gasteiger partial charge in [-0.15, -0.1) is 0 Å². The number of fused-ring (bicyclic) bond motifs is 1. The predicted octanol–water partition coefficient (Wildman–Crippen LogP) is 2.58. The SMILES string of the molecule is Cc1[nH]c2ccccc2c1-c1ncn(C)c1C(=O)O. The molecular weight excluding hydrogens is 242 g/mol. The topological polar surface area (TPSA) is 70.9 Å². The number of H-pyrrole nitrogens is 1. The second-order valence-electron chi connectivity index (χ2n) is 4.53. The van der Waals surface area contributed by atoms with E-state index >= 15 is 0 Å².